The monoisotopic (exact) mass is 266 g/mol. The molecule has 0 amide bonds. The van der Waals surface area contributed by atoms with Crippen LogP contribution in [0.15, 0.2) is 12.3 Å². The van der Waals surface area contributed by atoms with Gasteiger partial charge in [-0.2, -0.15) is 0 Å². The number of likely N-dealkylation sites (N-methyl/N-ethyl adjacent to an activating group) is 1. The smallest absolute Gasteiger partial charge is 0.160 e. The number of hydrogen-bond acceptors (Lipinski definition) is 3. The van der Waals surface area contributed by atoms with Gasteiger partial charge in [-0.05, 0) is 39.6 Å². The first-order chi connectivity index (χ1) is 8.50. The van der Waals surface area contributed by atoms with Gasteiger partial charge in [0, 0.05) is 19.3 Å². The molecular formula is C13H19ClN4. The number of alkyl halides is 1. The van der Waals surface area contributed by atoms with Crippen LogP contribution in [0, 0.1) is 6.92 Å². The van der Waals surface area contributed by atoms with Crippen molar-refractivity contribution in [3.63, 3.8) is 0 Å². The van der Waals surface area contributed by atoms with Crippen molar-refractivity contribution in [2.75, 3.05) is 20.6 Å². The fraction of sp³-hybridized carbons (Fsp3) is 0.538. The van der Waals surface area contributed by atoms with E-state index in [4.69, 9.17) is 11.6 Å². The van der Waals surface area contributed by atoms with Crippen molar-refractivity contribution in [3.05, 3.63) is 23.7 Å². The standard InChI is InChI=1S/C13H19ClN4/c1-9-5-6-15-13-11(9)16-12(10(2)14)18(13)8-7-17(3)4/h5-6,10H,7-8H2,1-4H3. The molecule has 1 atom stereocenters. The van der Waals surface area contributed by atoms with Gasteiger partial charge in [0.1, 0.15) is 11.3 Å². The summed E-state index contributed by atoms with van der Waals surface area (Å²) in [5.41, 5.74) is 3.03. The van der Waals surface area contributed by atoms with E-state index >= 15 is 0 Å². The first-order valence-corrected chi connectivity index (χ1v) is 6.55. The van der Waals surface area contributed by atoms with Crippen LogP contribution in [0.3, 0.4) is 0 Å². The van der Waals surface area contributed by atoms with Crippen LogP contribution in [-0.4, -0.2) is 40.1 Å². The summed E-state index contributed by atoms with van der Waals surface area (Å²) < 4.78 is 2.12. The van der Waals surface area contributed by atoms with Crippen LogP contribution < -0.4 is 0 Å². The molecule has 0 N–H and O–H groups in total. The van der Waals surface area contributed by atoms with Crippen molar-refractivity contribution in [2.24, 2.45) is 0 Å². The number of imidazole rings is 1. The van der Waals surface area contributed by atoms with Gasteiger partial charge >= 0.3 is 0 Å². The SMILES string of the molecule is Cc1ccnc2c1nc(C(C)Cl)n2CCN(C)C. The summed E-state index contributed by atoms with van der Waals surface area (Å²) in [4.78, 5) is 11.2. The van der Waals surface area contributed by atoms with E-state index < -0.39 is 0 Å². The van der Waals surface area contributed by atoms with Crippen molar-refractivity contribution in [3.8, 4) is 0 Å². The Morgan fingerprint density at radius 2 is 2.17 bits per heavy atom. The molecule has 4 nitrogen and oxygen atoms in total. The van der Waals surface area contributed by atoms with Crippen LogP contribution >= 0.6 is 11.6 Å². The quantitative estimate of drug-likeness (QED) is 0.798. The molecule has 2 rings (SSSR count). The van der Waals surface area contributed by atoms with E-state index in [1.807, 2.05) is 19.2 Å². The van der Waals surface area contributed by atoms with Crippen molar-refractivity contribution < 1.29 is 0 Å². The Kier molecular flexibility index (Phi) is 3.88. The fourth-order valence-electron chi connectivity index (χ4n) is 1.98. The third-order valence-corrected chi connectivity index (χ3v) is 3.19. The third kappa shape index (κ3) is 2.49. The summed E-state index contributed by atoms with van der Waals surface area (Å²) in [6.07, 6.45) is 1.83. The highest BCUT2D eigenvalue weighted by molar-refractivity contribution is 6.20. The molecule has 0 bridgehead atoms. The maximum atomic E-state index is 6.22. The van der Waals surface area contributed by atoms with E-state index in [0.717, 1.165) is 35.6 Å². The van der Waals surface area contributed by atoms with E-state index in [1.54, 1.807) is 0 Å². The van der Waals surface area contributed by atoms with Crippen molar-refractivity contribution in [1.29, 1.82) is 0 Å². The van der Waals surface area contributed by atoms with E-state index in [9.17, 15) is 0 Å². The van der Waals surface area contributed by atoms with Gasteiger partial charge in [0.2, 0.25) is 0 Å². The normalized spacial score (nSPS) is 13.4. The van der Waals surface area contributed by atoms with Crippen molar-refractivity contribution in [1.82, 2.24) is 19.4 Å². The lowest BCUT2D eigenvalue weighted by Crippen LogP contribution is -2.20. The zero-order valence-corrected chi connectivity index (χ0v) is 12.1. The second kappa shape index (κ2) is 5.24. The lowest BCUT2D eigenvalue weighted by molar-refractivity contribution is 0.383. The number of pyridine rings is 1. The maximum absolute atomic E-state index is 6.22. The lowest BCUT2D eigenvalue weighted by atomic mass is 10.3. The van der Waals surface area contributed by atoms with Crippen LogP contribution in [0.1, 0.15) is 23.7 Å². The lowest BCUT2D eigenvalue weighted by Gasteiger charge is -2.13. The highest BCUT2D eigenvalue weighted by Gasteiger charge is 2.16. The Labute approximate surface area is 113 Å². The van der Waals surface area contributed by atoms with Gasteiger partial charge in [-0.15, -0.1) is 11.6 Å². The Hall–Kier alpha value is -1.13. The molecule has 0 saturated carbocycles. The predicted molar refractivity (Wildman–Crippen MR) is 75.1 cm³/mol. The molecule has 0 spiro atoms. The van der Waals surface area contributed by atoms with Crippen LogP contribution in [-0.2, 0) is 6.54 Å². The largest absolute Gasteiger partial charge is 0.310 e. The van der Waals surface area contributed by atoms with Gasteiger partial charge < -0.3 is 9.47 Å². The van der Waals surface area contributed by atoms with Crippen LogP contribution in [0.2, 0.25) is 0 Å². The molecule has 2 aromatic rings. The van der Waals surface area contributed by atoms with Crippen LogP contribution in [0.4, 0.5) is 0 Å². The average Bonchev–Trinajstić information content (AvgIpc) is 2.66. The number of nitrogens with zero attached hydrogens (tertiary/aromatic N) is 4. The summed E-state index contributed by atoms with van der Waals surface area (Å²) >= 11 is 6.22. The molecule has 0 saturated heterocycles. The molecule has 98 valence electrons. The topological polar surface area (TPSA) is 34.0 Å². The summed E-state index contributed by atoms with van der Waals surface area (Å²) in [6, 6.07) is 1.98. The molecule has 0 aliphatic carbocycles. The zero-order valence-electron chi connectivity index (χ0n) is 11.3. The fourth-order valence-corrected chi connectivity index (χ4v) is 2.15. The van der Waals surface area contributed by atoms with E-state index in [2.05, 4.69) is 40.5 Å². The molecule has 0 aliphatic heterocycles. The minimum atomic E-state index is -0.110. The molecule has 2 heterocycles. The van der Waals surface area contributed by atoms with Crippen molar-refractivity contribution in [2.45, 2.75) is 25.8 Å². The molecular weight excluding hydrogens is 248 g/mol. The van der Waals surface area contributed by atoms with Gasteiger partial charge in [-0.1, -0.05) is 0 Å². The van der Waals surface area contributed by atoms with Crippen molar-refractivity contribution >= 4 is 22.8 Å². The number of aromatic nitrogens is 3. The predicted octanol–water partition coefficient (Wildman–Crippen LogP) is 2.60. The number of rotatable bonds is 4. The van der Waals surface area contributed by atoms with Crippen LogP contribution in [0.5, 0.6) is 0 Å². The number of hydrogen-bond donors (Lipinski definition) is 0. The third-order valence-electron chi connectivity index (χ3n) is 2.99. The van der Waals surface area contributed by atoms with Gasteiger partial charge in [-0.3, -0.25) is 0 Å². The molecule has 2 aromatic heterocycles. The van der Waals surface area contributed by atoms with Gasteiger partial charge in [0.05, 0.1) is 5.38 Å². The number of aryl methyl sites for hydroxylation is 1. The molecule has 0 aliphatic rings. The number of halogens is 1. The second-order valence-corrected chi connectivity index (χ2v) is 5.50. The molecule has 0 radical (unpaired) electrons. The Balaban J connectivity index is 2.52. The molecule has 1 unspecified atom stereocenters. The molecule has 5 heteroatoms. The maximum Gasteiger partial charge on any atom is 0.160 e. The minimum absolute atomic E-state index is 0.110. The summed E-state index contributed by atoms with van der Waals surface area (Å²) in [7, 11) is 4.11. The zero-order chi connectivity index (χ0) is 13.3. The first kappa shape index (κ1) is 13.3. The second-order valence-electron chi connectivity index (χ2n) is 4.84. The Bertz CT molecular complexity index is 545. The van der Waals surface area contributed by atoms with Crippen LogP contribution in [0.25, 0.3) is 11.2 Å². The molecule has 0 aromatic carbocycles. The molecule has 0 fully saturated rings. The van der Waals surface area contributed by atoms with Gasteiger partial charge in [-0.25, -0.2) is 9.97 Å². The first-order valence-electron chi connectivity index (χ1n) is 6.11. The summed E-state index contributed by atoms with van der Waals surface area (Å²) in [6.45, 7) is 5.80. The Morgan fingerprint density at radius 1 is 1.44 bits per heavy atom. The summed E-state index contributed by atoms with van der Waals surface area (Å²) in [5, 5.41) is -0.110. The van der Waals surface area contributed by atoms with Gasteiger partial charge in [0.25, 0.3) is 0 Å². The van der Waals surface area contributed by atoms with E-state index in [0.29, 0.717) is 0 Å². The highest BCUT2D eigenvalue weighted by atomic mass is 35.5. The highest BCUT2D eigenvalue weighted by Crippen LogP contribution is 2.24. The Morgan fingerprint density at radius 3 is 2.78 bits per heavy atom. The van der Waals surface area contributed by atoms with E-state index in [1.165, 1.54) is 0 Å². The van der Waals surface area contributed by atoms with Gasteiger partial charge in [0.15, 0.2) is 5.65 Å². The molecule has 18 heavy (non-hydrogen) atoms. The summed E-state index contributed by atoms with van der Waals surface area (Å²) in [5.74, 6) is 0.898. The number of fused-ring (bicyclic) bond motifs is 1. The van der Waals surface area contributed by atoms with E-state index in [-0.39, 0.29) is 5.38 Å². The average molecular weight is 267 g/mol. The minimum Gasteiger partial charge on any atom is -0.310 e.